The molecule has 10 nitrogen and oxygen atoms in total. The summed E-state index contributed by atoms with van der Waals surface area (Å²) in [7, 11) is 4.59. The zero-order chi connectivity index (χ0) is 41.6. The van der Waals surface area contributed by atoms with E-state index in [9.17, 15) is 28.3 Å². The van der Waals surface area contributed by atoms with Gasteiger partial charge in [-0.1, -0.05) is 54.6 Å². The molecule has 0 atom stereocenters. The first-order chi connectivity index (χ1) is 27.8. The van der Waals surface area contributed by atoms with Crippen LogP contribution in [0.4, 0.5) is 8.78 Å². The van der Waals surface area contributed by atoms with Crippen molar-refractivity contribution in [3.05, 3.63) is 125 Å². The van der Waals surface area contributed by atoms with E-state index in [0.29, 0.717) is 63.0 Å². The summed E-state index contributed by atoms with van der Waals surface area (Å²) in [6.07, 6.45) is 2.60. The molecule has 1 spiro atoms. The van der Waals surface area contributed by atoms with Crippen molar-refractivity contribution in [2.75, 3.05) is 47.5 Å². The number of esters is 1. The minimum Gasteiger partial charge on any atom is -0.509 e. The van der Waals surface area contributed by atoms with Crippen LogP contribution in [0.5, 0.6) is 0 Å². The number of carbonyl (C=O) groups is 3. The normalized spacial score (nSPS) is 17.7. The van der Waals surface area contributed by atoms with Crippen LogP contribution < -0.4 is 5.32 Å². The molecule has 0 bridgehead atoms. The average molecular weight is 796 g/mol. The van der Waals surface area contributed by atoms with Gasteiger partial charge in [0.15, 0.2) is 0 Å². The van der Waals surface area contributed by atoms with Gasteiger partial charge in [-0.3, -0.25) is 14.4 Å². The fourth-order valence-electron chi connectivity index (χ4n) is 8.16. The number of halogens is 2. The summed E-state index contributed by atoms with van der Waals surface area (Å²) < 4.78 is 31.5. The van der Waals surface area contributed by atoms with Crippen LogP contribution >= 0.6 is 0 Å². The molecule has 0 aliphatic carbocycles. The third-order valence-corrected chi connectivity index (χ3v) is 11.8. The Hall–Kier alpha value is -5.27. The number of aryl methyl sites for hydroxylation is 2. The molecule has 0 unspecified atom stereocenters. The number of Topliss-reactive ketones (excluding diaryl/α,β-unsaturated/α-hetero) is 1. The van der Waals surface area contributed by atoms with Crippen LogP contribution in [0.25, 0.3) is 27.8 Å². The number of nitrogens with one attached hydrogen (secondary N) is 1. The maximum atomic E-state index is 13.2. The van der Waals surface area contributed by atoms with Crippen LogP contribution in [-0.2, 0) is 35.2 Å². The second-order valence-electron chi connectivity index (χ2n) is 15.3. The smallest absolute Gasteiger partial charge is 0.312 e. The summed E-state index contributed by atoms with van der Waals surface area (Å²) in [5.41, 5.74) is 5.84. The van der Waals surface area contributed by atoms with Crippen molar-refractivity contribution in [2.45, 2.75) is 57.9 Å². The average Bonchev–Trinajstić information content (AvgIpc) is 3.47. The zero-order valence-electron chi connectivity index (χ0n) is 33.7. The summed E-state index contributed by atoms with van der Waals surface area (Å²) in [6, 6.07) is 24.2. The van der Waals surface area contributed by atoms with Crippen LogP contribution in [0.1, 0.15) is 54.4 Å². The highest BCUT2D eigenvalue weighted by Crippen LogP contribution is 2.41. The minimum absolute atomic E-state index is 0.00521. The van der Waals surface area contributed by atoms with E-state index in [2.05, 4.69) is 5.32 Å². The lowest BCUT2D eigenvalue weighted by atomic mass is 9.74. The predicted molar refractivity (Wildman–Crippen MR) is 217 cm³/mol. The lowest BCUT2D eigenvalue weighted by molar-refractivity contribution is -0.179. The minimum atomic E-state index is -0.802. The Balaban J connectivity index is 0.000000196. The number of hydroxylamine groups is 4. The van der Waals surface area contributed by atoms with Gasteiger partial charge in [0.05, 0.1) is 32.3 Å². The number of piperidine rings is 2. The number of ether oxygens (including phenoxy) is 1. The highest BCUT2D eigenvalue weighted by Gasteiger charge is 2.48. The van der Waals surface area contributed by atoms with Crippen LogP contribution in [0.15, 0.2) is 90.7 Å². The van der Waals surface area contributed by atoms with Crippen LogP contribution in [0, 0.1) is 30.9 Å². The molecule has 0 saturated carbocycles. The van der Waals surface area contributed by atoms with Gasteiger partial charge in [0.25, 0.3) is 5.91 Å². The summed E-state index contributed by atoms with van der Waals surface area (Å²) in [5, 5.41) is 17.7. The molecule has 306 valence electrons. The maximum Gasteiger partial charge on any atom is 0.312 e. The van der Waals surface area contributed by atoms with E-state index in [1.54, 1.807) is 43.5 Å². The second kappa shape index (κ2) is 18.1. The number of amides is 1. The molecule has 0 aromatic heterocycles. The lowest BCUT2D eigenvalue weighted by Gasteiger charge is -2.38. The van der Waals surface area contributed by atoms with Crippen molar-refractivity contribution in [2.24, 2.45) is 5.41 Å². The summed E-state index contributed by atoms with van der Waals surface area (Å²) >= 11 is 0. The highest BCUT2D eigenvalue weighted by atomic mass is 19.1. The molecule has 4 aromatic carbocycles. The number of nitrogens with zero attached hydrogens (tertiary/aromatic N) is 2. The maximum absolute atomic E-state index is 13.2. The Morgan fingerprint density at radius 3 is 1.71 bits per heavy atom. The second-order valence-corrected chi connectivity index (χ2v) is 15.3. The van der Waals surface area contributed by atoms with Gasteiger partial charge >= 0.3 is 5.97 Å². The van der Waals surface area contributed by atoms with Crippen molar-refractivity contribution >= 4 is 23.2 Å². The molecule has 12 heteroatoms. The largest absolute Gasteiger partial charge is 0.509 e. The standard InChI is InChI=1S/C24H28FNO4.C22H23FN2O3/c1-17-4-5-19(18-6-8-21(25)9-7-18)14-20(17)15-22(27)16-24(23(28)29-2)10-12-26(30-3)13-11-24;1-14-3-4-16(15-5-7-17(23)8-6-15)13-18(14)19-20(26)22(24-21(19)27)9-11-25(28-2)12-10-22/h4-9,14H,10-13,15-16H2,1-3H3;3-8,13,26H,9-12H2,1-2H3,(H,24,27). The molecule has 7 rings (SSSR count). The number of benzene rings is 4. The SMILES string of the molecule is COC(=O)C1(CC(=O)Cc2cc(-c3ccc(F)cc3)ccc2C)CCN(OC)CC1.CON1CCC2(CC1)NC(=O)C(c1cc(-c3ccc(F)cc3)ccc1C)=C2O. The van der Waals surface area contributed by atoms with E-state index in [1.165, 1.54) is 31.4 Å². The fraction of sp³-hybridized carbons (Fsp3) is 0.370. The molecule has 0 radical (unpaired) electrons. The van der Waals surface area contributed by atoms with Gasteiger partial charge < -0.3 is 24.8 Å². The number of rotatable bonds is 10. The van der Waals surface area contributed by atoms with E-state index >= 15 is 0 Å². The summed E-state index contributed by atoms with van der Waals surface area (Å²) in [4.78, 5) is 48.9. The predicted octanol–water partition coefficient (Wildman–Crippen LogP) is 7.72. The van der Waals surface area contributed by atoms with Crippen molar-refractivity contribution < 1.29 is 42.7 Å². The van der Waals surface area contributed by atoms with E-state index < -0.39 is 11.0 Å². The van der Waals surface area contributed by atoms with Crippen molar-refractivity contribution in [3.8, 4) is 22.3 Å². The Labute approximate surface area is 338 Å². The number of carbonyl (C=O) groups excluding carboxylic acids is 3. The number of ketones is 1. The monoisotopic (exact) mass is 795 g/mol. The van der Waals surface area contributed by atoms with E-state index in [-0.39, 0.29) is 47.9 Å². The van der Waals surface area contributed by atoms with Gasteiger partial charge in [0.1, 0.15) is 28.7 Å². The number of methoxy groups -OCH3 is 1. The van der Waals surface area contributed by atoms with Crippen molar-refractivity contribution in [1.29, 1.82) is 0 Å². The Morgan fingerprint density at radius 1 is 0.707 bits per heavy atom. The molecule has 2 N–H and O–H groups in total. The van der Waals surface area contributed by atoms with Crippen LogP contribution in [0.2, 0.25) is 0 Å². The summed E-state index contributed by atoms with van der Waals surface area (Å²) in [6.45, 7) is 6.29. The highest BCUT2D eigenvalue weighted by molar-refractivity contribution is 6.23. The molecule has 4 aromatic rings. The van der Waals surface area contributed by atoms with Crippen molar-refractivity contribution in [3.63, 3.8) is 0 Å². The molecule has 3 aliphatic rings. The first-order valence-electron chi connectivity index (χ1n) is 19.5. The topological polar surface area (TPSA) is 118 Å². The zero-order valence-corrected chi connectivity index (χ0v) is 33.7. The van der Waals surface area contributed by atoms with E-state index in [0.717, 1.165) is 38.9 Å². The van der Waals surface area contributed by atoms with Crippen molar-refractivity contribution in [1.82, 2.24) is 15.4 Å². The molecule has 1 amide bonds. The van der Waals surface area contributed by atoms with Crippen LogP contribution in [-0.4, -0.2) is 85.9 Å². The van der Waals surface area contributed by atoms with Gasteiger partial charge in [-0.25, -0.2) is 8.78 Å². The molecular formula is C46H51F2N3O7. The number of hydrogen-bond donors (Lipinski definition) is 2. The van der Waals surface area contributed by atoms with Gasteiger partial charge in [-0.15, -0.1) is 0 Å². The molecule has 3 heterocycles. The number of aliphatic hydroxyl groups is 1. The van der Waals surface area contributed by atoms with Gasteiger partial charge in [0, 0.05) is 39.0 Å². The fourth-order valence-corrected chi connectivity index (χ4v) is 8.16. The molecule has 58 heavy (non-hydrogen) atoms. The Morgan fingerprint density at radius 2 is 1.19 bits per heavy atom. The molecule has 2 saturated heterocycles. The molecule has 2 fully saturated rings. The lowest BCUT2D eigenvalue weighted by Crippen LogP contribution is -2.52. The number of aliphatic hydroxyl groups excluding tert-OH is 1. The number of hydrogen-bond acceptors (Lipinski definition) is 9. The quantitative estimate of drug-likeness (QED) is 0.156. The molecule has 3 aliphatic heterocycles. The first kappa shape index (κ1) is 42.3. The Kier molecular flexibility index (Phi) is 13.2. The van der Waals surface area contributed by atoms with E-state index in [4.69, 9.17) is 14.4 Å². The third-order valence-electron chi connectivity index (χ3n) is 11.8. The van der Waals surface area contributed by atoms with Gasteiger partial charge in [-0.2, -0.15) is 10.1 Å². The van der Waals surface area contributed by atoms with Gasteiger partial charge in [0.2, 0.25) is 0 Å². The van der Waals surface area contributed by atoms with Crippen LogP contribution in [0.3, 0.4) is 0 Å². The first-order valence-corrected chi connectivity index (χ1v) is 19.5. The van der Waals surface area contributed by atoms with Gasteiger partial charge in [-0.05, 0) is 114 Å². The third kappa shape index (κ3) is 9.21. The molecular weight excluding hydrogens is 745 g/mol. The Bertz CT molecular complexity index is 2150. The van der Waals surface area contributed by atoms with E-state index in [1.807, 2.05) is 55.3 Å². The summed E-state index contributed by atoms with van der Waals surface area (Å²) in [5.74, 6) is -1.06.